The number of ether oxygens (including phenoxy) is 10. The van der Waals surface area contributed by atoms with Gasteiger partial charge in [-0.3, -0.25) is 24.1 Å². The summed E-state index contributed by atoms with van der Waals surface area (Å²) in [4.78, 5) is 72.0. The zero-order valence-corrected chi connectivity index (χ0v) is 41.5. The molecule has 18 atom stereocenters. The summed E-state index contributed by atoms with van der Waals surface area (Å²) < 4.78 is 64.2. The van der Waals surface area contributed by atoms with E-state index in [-0.39, 0.29) is 56.9 Å². The predicted molar refractivity (Wildman–Crippen MR) is 237 cm³/mol. The highest BCUT2D eigenvalue weighted by molar-refractivity contribution is 5.85. The Hall–Kier alpha value is -3.23. The second kappa shape index (κ2) is 22.3. The maximum Gasteiger partial charge on any atom is 0.410 e. The minimum absolute atomic E-state index is 0.0385. The minimum atomic E-state index is -1.46. The fourth-order valence-corrected chi connectivity index (χ4v) is 10.9. The molecule has 0 aliphatic carbocycles. The number of Topliss-reactive ketones (excluding diaryl/α,β-unsaturated/α-hetero) is 1. The molecule has 4 fully saturated rings. The van der Waals surface area contributed by atoms with Gasteiger partial charge in [0, 0.05) is 58.2 Å². The van der Waals surface area contributed by atoms with Gasteiger partial charge < -0.3 is 58.0 Å². The first-order chi connectivity index (χ1) is 30.3. The standard InChI is InChI=1S/C47H79N3O15/c1-17-21-57-46(12)23-25(3)36(53)27(5)39-47(13,65-44(55)50(39)20-19-48)34(18-2)62-42(54)29(7)37(63-35-24-45(11,56-16)41(30(8)59-35)61-32(10)52)28(6)40(46)64-43-38(60-31(9)51)33(49(14)15)22-26(4)58-43/h17,25-30,33-35,37-41,43H,1,18-24,48H2,2-16H3/t25-,26-,27+,28+,29-,30+,33+,34-,35+,37+,38-,39-,40-,41+,43+,45-,46-,47-/m1/s1. The number of ketones is 1. The molecular formula is C47H79N3O15. The molecule has 0 saturated carbocycles. The first-order valence-electron chi connectivity index (χ1n) is 23.2. The molecule has 4 rings (SSSR count). The van der Waals surface area contributed by atoms with Gasteiger partial charge in [0.25, 0.3) is 0 Å². The predicted octanol–water partition coefficient (Wildman–Crippen LogP) is 4.56. The molecule has 65 heavy (non-hydrogen) atoms. The molecule has 0 unspecified atom stereocenters. The summed E-state index contributed by atoms with van der Waals surface area (Å²) >= 11 is 0. The molecule has 2 N–H and O–H groups in total. The Balaban J connectivity index is 1.98. The number of nitrogens with zero attached hydrogens (tertiary/aromatic N) is 2. The number of esters is 3. The van der Waals surface area contributed by atoms with Gasteiger partial charge in [-0.05, 0) is 74.9 Å². The van der Waals surface area contributed by atoms with Crippen molar-refractivity contribution >= 4 is 29.8 Å². The molecule has 4 heterocycles. The van der Waals surface area contributed by atoms with E-state index >= 15 is 0 Å². The van der Waals surface area contributed by atoms with Crippen LogP contribution in [0, 0.1) is 23.7 Å². The van der Waals surface area contributed by atoms with Gasteiger partial charge in [0.1, 0.15) is 17.5 Å². The van der Waals surface area contributed by atoms with Gasteiger partial charge in [-0.1, -0.05) is 33.8 Å². The van der Waals surface area contributed by atoms with E-state index in [1.807, 2.05) is 53.6 Å². The maximum atomic E-state index is 15.0. The Labute approximate surface area is 386 Å². The van der Waals surface area contributed by atoms with E-state index in [0.717, 1.165) is 0 Å². The second-order valence-electron chi connectivity index (χ2n) is 19.5. The number of methoxy groups -OCH3 is 1. The Bertz CT molecular complexity index is 1680. The summed E-state index contributed by atoms with van der Waals surface area (Å²) in [5.41, 5.74) is 2.12. The van der Waals surface area contributed by atoms with Gasteiger partial charge >= 0.3 is 24.0 Å². The van der Waals surface area contributed by atoms with E-state index < -0.39 is 120 Å². The van der Waals surface area contributed by atoms with Crippen LogP contribution in [0.2, 0.25) is 0 Å². The first kappa shape index (κ1) is 54.4. The Morgan fingerprint density at radius 2 is 1.55 bits per heavy atom. The van der Waals surface area contributed by atoms with Crippen molar-refractivity contribution in [3.8, 4) is 0 Å². The molecule has 0 aromatic rings. The summed E-state index contributed by atoms with van der Waals surface area (Å²) in [6.45, 7) is 24.7. The normalized spacial score (nSPS) is 42.1. The van der Waals surface area contributed by atoms with E-state index in [1.54, 1.807) is 40.7 Å². The van der Waals surface area contributed by atoms with Crippen LogP contribution < -0.4 is 5.73 Å². The molecule has 0 spiro atoms. The maximum absolute atomic E-state index is 15.0. The topological polar surface area (TPSA) is 210 Å². The van der Waals surface area contributed by atoms with Crippen LogP contribution in [0.25, 0.3) is 0 Å². The highest BCUT2D eigenvalue weighted by Crippen LogP contribution is 2.45. The van der Waals surface area contributed by atoms with Crippen molar-refractivity contribution in [3.63, 3.8) is 0 Å². The lowest BCUT2D eigenvalue weighted by Crippen LogP contribution is -2.62. The lowest BCUT2D eigenvalue weighted by atomic mass is 9.73. The number of carbonyl (C=O) groups excluding carboxylic acids is 5. The molecule has 0 aromatic heterocycles. The molecule has 372 valence electrons. The number of cyclic esters (lactones) is 1. The van der Waals surface area contributed by atoms with Crippen LogP contribution >= 0.6 is 0 Å². The fraction of sp³-hybridized carbons (Fsp3) is 0.851. The van der Waals surface area contributed by atoms with Crippen LogP contribution in [0.15, 0.2) is 12.7 Å². The van der Waals surface area contributed by atoms with Crippen LogP contribution in [0.1, 0.15) is 109 Å². The number of amides is 1. The third-order valence-electron chi connectivity index (χ3n) is 14.1. The molecule has 4 saturated heterocycles. The fourth-order valence-electron chi connectivity index (χ4n) is 10.9. The smallest absolute Gasteiger partial charge is 0.410 e. The lowest BCUT2D eigenvalue weighted by Gasteiger charge is -2.50. The molecule has 0 bridgehead atoms. The van der Waals surface area contributed by atoms with Crippen molar-refractivity contribution in [3.05, 3.63) is 12.7 Å². The van der Waals surface area contributed by atoms with E-state index in [2.05, 4.69) is 6.58 Å². The summed E-state index contributed by atoms with van der Waals surface area (Å²) in [5, 5.41) is 0. The van der Waals surface area contributed by atoms with E-state index in [4.69, 9.17) is 53.1 Å². The van der Waals surface area contributed by atoms with Crippen LogP contribution in [0.4, 0.5) is 4.79 Å². The van der Waals surface area contributed by atoms with E-state index in [0.29, 0.717) is 6.42 Å². The summed E-state index contributed by atoms with van der Waals surface area (Å²) in [6.07, 6.45) is -6.19. The number of hydrogen-bond acceptors (Lipinski definition) is 17. The van der Waals surface area contributed by atoms with Crippen molar-refractivity contribution in [2.24, 2.45) is 29.4 Å². The number of rotatable bonds is 14. The summed E-state index contributed by atoms with van der Waals surface area (Å²) in [6, 6.07) is -1.17. The van der Waals surface area contributed by atoms with Crippen LogP contribution in [-0.4, -0.2) is 165 Å². The van der Waals surface area contributed by atoms with E-state index in [9.17, 15) is 24.0 Å². The SMILES string of the molecule is C=CCO[C@]1(C)C[C@@H](C)C(=O)[C@H](C)[C@H]2N(CCN)C(=O)O[C@]2(C)[C@@H](CC)OC(=O)[C@H](C)[C@@H](O[C@H]2C[C@@](C)(OC)[C@@H](OC(C)=O)[C@H](C)O2)[C@H](C)[C@H]1O[C@@H]1O[C@H](C)C[C@H](N(C)C)[C@H]1OC(C)=O. The second-order valence-corrected chi connectivity index (χ2v) is 19.5. The molecule has 4 aliphatic rings. The Morgan fingerprint density at radius 3 is 2.11 bits per heavy atom. The number of carbonyl (C=O) groups is 5. The highest BCUT2D eigenvalue weighted by Gasteiger charge is 2.61. The Morgan fingerprint density at radius 1 is 0.908 bits per heavy atom. The monoisotopic (exact) mass is 926 g/mol. The van der Waals surface area contributed by atoms with E-state index in [1.165, 1.54) is 25.9 Å². The van der Waals surface area contributed by atoms with Crippen molar-refractivity contribution in [1.82, 2.24) is 9.80 Å². The third kappa shape index (κ3) is 11.9. The molecule has 4 aliphatic heterocycles. The number of hydrogen-bond donors (Lipinski definition) is 1. The van der Waals surface area contributed by atoms with Gasteiger partial charge in [-0.2, -0.15) is 0 Å². The molecular weight excluding hydrogens is 847 g/mol. The van der Waals surface area contributed by atoms with Gasteiger partial charge in [-0.15, -0.1) is 6.58 Å². The number of fused-ring (bicyclic) bond motifs is 1. The summed E-state index contributed by atoms with van der Waals surface area (Å²) in [5.74, 6) is -5.30. The van der Waals surface area contributed by atoms with Crippen molar-refractivity contribution < 1.29 is 71.3 Å². The molecule has 0 radical (unpaired) electrons. The van der Waals surface area contributed by atoms with Crippen molar-refractivity contribution in [1.29, 1.82) is 0 Å². The van der Waals surface area contributed by atoms with Crippen LogP contribution in [0.5, 0.6) is 0 Å². The minimum Gasteiger partial charge on any atom is -0.458 e. The zero-order valence-electron chi connectivity index (χ0n) is 41.5. The largest absolute Gasteiger partial charge is 0.458 e. The van der Waals surface area contributed by atoms with Crippen molar-refractivity contribution in [2.45, 2.75) is 193 Å². The van der Waals surface area contributed by atoms with Gasteiger partial charge in [0.15, 0.2) is 30.4 Å². The third-order valence-corrected chi connectivity index (χ3v) is 14.1. The highest BCUT2D eigenvalue weighted by atomic mass is 16.7. The number of likely N-dealkylation sites (N-methyl/N-ethyl adjacent to an activating group) is 1. The molecule has 18 heteroatoms. The quantitative estimate of drug-likeness (QED) is 0.144. The van der Waals surface area contributed by atoms with Gasteiger partial charge in [0.05, 0.1) is 54.6 Å². The molecule has 18 nitrogen and oxygen atoms in total. The Kier molecular flexibility index (Phi) is 18.6. The van der Waals surface area contributed by atoms with Crippen molar-refractivity contribution in [2.75, 3.05) is 40.9 Å². The van der Waals surface area contributed by atoms with Crippen LogP contribution in [0.3, 0.4) is 0 Å². The average Bonchev–Trinajstić information content (AvgIpc) is 3.49. The van der Waals surface area contributed by atoms with Gasteiger partial charge in [-0.25, -0.2) is 4.79 Å². The summed E-state index contributed by atoms with van der Waals surface area (Å²) in [7, 11) is 5.29. The lowest BCUT2D eigenvalue weighted by molar-refractivity contribution is -0.321. The zero-order chi connectivity index (χ0) is 48.9. The molecule has 0 aromatic carbocycles. The van der Waals surface area contributed by atoms with Gasteiger partial charge in [0.2, 0.25) is 0 Å². The average molecular weight is 926 g/mol. The molecule has 1 amide bonds. The first-order valence-corrected chi connectivity index (χ1v) is 23.2. The number of nitrogens with two attached hydrogens (primary N) is 1. The van der Waals surface area contributed by atoms with Crippen LogP contribution in [-0.2, 0) is 66.5 Å².